The maximum atomic E-state index is 12.5. The third-order valence-electron chi connectivity index (χ3n) is 4.19. The molecular formula is C21H17N3O3S2. The van der Waals surface area contributed by atoms with Crippen molar-refractivity contribution in [1.29, 1.82) is 0 Å². The molecule has 0 aliphatic carbocycles. The highest BCUT2D eigenvalue weighted by molar-refractivity contribution is 7.92. The van der Waals surface area contributed by atoms with Gasteiger partial charge in [-0.2, -0.15) is 0 Å². The first-order chi connectivity index (χ1) is 14.0. The smallest absolute Gasteiger partial charge is 0.261 e. The normalized spacial score (nSPS) is 11.3. The molecule has 4 aromatic rings. The van der Waals surface area contributed by atoms with E-state index < -0.39 is 10.0 Å². The summed E-state index contributed by atoms with van der Waals surface area (Å²) in [5.41, 5.74) is 1.76. The summed E-state index contributed by atoms with van der Waals surface area (Å²) in [6.07, 6.45) is 0. The Morgan fingerprint density at radius 1 is 0.897 bits per heavy atom. The van der Waals surface area contributed by atoms with Crippen LogP contribution >= 0.6 is 11.3 Å². The molecule has 0 aliphatic rings. The van der Waals surface area contributed by atoms with Crippen LogP contribution in [0, 0.1) is 0 Å². The highest BCUT2D eigenvalue weighted by Gasteiger charge is 2.15. The molecule has 2 N–H and O–H groups in total. The van der Waals surface area contributed by atoms with Gasteiger partial charge in [-0.25, -0.2) is 13.4 Å². The zero-order valence-electron chi connectivity index (χ0n) is 15.2. The molecule has 1 heterocycles. The number of fused-ring (bicyclic) bond motifs is 1. The van der Waals surface area contributed by atoms with Gasteiger partial charge in [-0.3, -0.25) is 9.52 Å². The molecule has 1 aromatic heterocycles. The maximum absolute atomic E-state index is 12.5. The molecule has 8 heteroatoms. The summed E-state index contributed by atoms with van der Waals surface area (Å²) in [6.45, 7) is 0.313. The molecule has 0 radical (unpaired) electrons. The van der Waals surface area contributed by atoms with Crippen molar-refractivity contribution in [2.24, 2.45) is 0 Å². The van der Waals surface area contributed by atoms with Crippen LogP contribution in [-0.4, -0.2) is 19.3 Å². The molecule has 4 rings (SSSR count). The minimum Gasteiger partial charge on any atom is -0.346 e. The minimum absolute atomic E-state index is 0.0871. The molecule has 0 bridgehead atoms. The summed E-state index contributed by atoms with van der Waals surface area (Å²) < 4.78 is 28.5. The van der Waals surface area contributed by atoms with Gasteiger partial charge < -0.3 is 5.32 Å². The molecule has 0 fully saturated rings. The number of carbonyl (C=O) groups is 1. The fourth-order valence-electron chi connectivity index (χ4n) is 2.76. The van der Waals surface area contributed by atoms with E-state index in [1.165, 1.54) is 35.6 Å². The van der Waals surface area contributed by atoms with Crippen LogP contribution in [0.25, 0.3) is 10.2 Å². The second kappa shape index (κ2) is 8.02. The van der Waals surface area contributed by atoms with Gasteiger partial charge in [0.2, 0.25) is 0 Å². The van der Waals surface area contributed by atoms with Crippen molar-refractivity contribution in [3.63, 3.8) is 0 Å². The lowest BCUT2D eigenvalue weighted by Gasteiger charge is -2.09. The summed E-state index contributed by atoms with van der Waals surface area (Å²) in [4.78, 5) is 17.0. The molecule has 29 heavy (non-hydrogen) atoms. The molecule has 3 aromatic carbocycles. The van der Waals surface area contributed by atoms with Crippen LogP contribution in [-0.2, 0) is 16.6 Å². The Bertz CT molecular complexity index is 1220. The number of thiazole rings is 1. The second-order valence-corrected chi connectivity index (χ2v) is 9.05. The molecule has 6 nitrogen and oxygen atoms in total. The number of sulfonamides is 1. The van der Waals surface area contributed by atoms with Crippen molar-refractivity contribution in [2.45, 2.75) is 11.4 Å². The summed E-state index contributed by atoms with van der Waals surface area (Å²) in [7, 11) is -3.72. The zero-order valence-corrected chi connectivity index (χ0v) is 16.8. The maximum Gasteiger partial charge on any atom is 0.261 e. The summed E-state index contributed by atoms with van der Waals surface area (Å²) in [5.74, 6) is -0.288. The number of rotatable bonds is 6. The third-order valence-corrected chi connectivity index (χ3v) is 6.62. The quantitative estimate of drug-likeness (QED) is 0.490. The number of hydrogen-bond donors (Lipinski definition) is 2. The van der Waals surface area contributed by atoms with Gasteiger partial charge in [0, 0.05) is 11.3 Å². The van der Waals surface area contributed by atoms with Crippen molar-refractivity contribution in [2.75, 3.05) is 4.72 Å². The molecule has 0 spiro atoms. The Morgan fingerprint density at radius 3 is 2.31 bits per heavy atom. The molecule has 0 saturated heterocycles. The van der Waals surface area contributed by atoms with E-state index in [1.54, 1.807) is 30.3 Å². The van der Waals surface area contributed by atoms with Gasteiger partial charge in [0.1, 0.15) is 5.01 Å². The van der Waals surface area contributed by atoms with E-state index >= 15 is 0 Å². The molecule has 0 atom stereocenters. The first-order valence-corrected chi connectivity index (χ1v) is 11.1. The summed E-state index contributed by atoms with van der Waals surface area (Å²) >= 11 is 1.53. The first-order valence-electron chi connectivity index (χ1n) is 8.82. The van der Waals surface area contributed by atoms with Gasteiger partial charge in [-0.15, -0.1) is 11.3 Å². The Balaban J connectivity index is 1.42. The van der Waals surface area contributed by atoms with Crippen molar-refractivity contribution in [3.05, 3.63) is 89.4 Å². The summed E-state index contributed by atoms with van der Waals surface area (Å²) in [5, 5.41) is 3.63. The molecule has 1 amide bonds. The fourth-order valence-corrected chi connectivity index (χ4v) is 4.72. The summed E-state index contributed by atoms with van der Waals surface area (Å²) in [6, 6.07) is 22.2. The molecular weight excluding hydrogens is 406 g/mol. The van der Waals surface area contributed by atoms with Crippen LogP contribution in [0.3, 0.4) is 0 Å². The van der Waals surface area contributed by atoms with Crippen LogP contribution in [0.5, 0.6) is 0 Å². The number of carbonyl (C=O) groups excluding carboxylic acids is 1. The predicted octanol–water partition coefficient (Wildman–Crippen LogP) is 4.03. The van der Waals surface area contributed by atoms with Gasteiger partial charge in [-0.05, 0) is 48.5 Å². The van der Waals surface area contributed by atoms with Crippen molar-refractivity contribution in [3.8, 4) is 0 Å². The number of nitrogens with one attached hydrogen (secondary N) is 2. The lowest BCUT2D eigenvalue weighted by molar-refractivity contribution is 0.0951. The third kappa shape index (κ3) is 4.44. The minimum atomic E-state index is -3.72. The van der Waals surface area contributed by atoms with E-state index in [4.69, 9.17) is 0 Å². The van der Waals surface area contributed by atoms with Crippen molar-refractivity contribution >= 4 is 43.2 Å². The van der Waals surface area contributed by atoms with Crippen LogP contribution in [0.4, 0.5) is 5.69 Å². The predicted molar refractivity (Wildman–Crippen MR) is 114 cm³/mol. The largest absolute Gasteiger partial charge is 0.346 e. The van der Waals surface area contributed by atoms with Gasteiger partial charge in [0.05, 0.1) is 21.7 Å². The Hall–Kier alpha value is -3.23. The van der Waals surface area contributed by atoms with E-state index in [0.717, 1.165) is 15.2 Å². The second-order valence-electron chi connectivity index (χ2n) is 6.25. The Labute approximate surface area is 172 Å². The van der Waals surface area contributed by atoms with Gasteiger partial charge in [-0.1, -0.05) is 30.3 Å². The van der Waals surface area contributed by atoms with Crippen LogP contribution in [0.1, 0.15) is 15.4 Å². The lowest BCUT2D eigenvalue weighted by Crippen LogP contribution is -2.22. The molecule has 0 saturated carbocycles. The Kier molecular flexibility index (Phi) is 5.28. The number of anilines is 1. The number of para-hydroxylation sites is 2. The fraction of sp³-hybridized carbons (Fsp3) is 0.0476. The highest BCUT2D eigenvalue weighted by atomic mass is 32.2. The topological polar surface area (TPSA) is 88.2 Å². The number of aromatic nitrogens is 1. The van der Waals surface area contributed by atoms with E-state index in [-0.39, 0.29) is 10.8 Å². The van der Waals surface area contributed by atoms with E-state index in [9.17, 15) is 13.2 Å². The van der Waals surface area contributed by atoms with E-state index in [0.29, 0.717) is 17.8 Å². The molecule has 0 aliphatic heterocycles. The van der Waals surface area contributed by atoms with Crippen molar-refractivity contribution < 1.29 is 13.2 Å². The average molecular weight is 424 g/mol. The van der Waals surface area contributed by atoms with E-state index in [1.807, 2.05) is 24.3 Å². The number of benzene rings is 3. The Morgan fingerprint density at radius 2 is 1.59 bits per heavy atom. The zero-order chi connectivity index (χ0) is 20.3. The lowest BCUT2D eigenvalue weighted by atomic mass is 10.2. The molecule has 0 unspecified atom stereocenters. The van der Waals surface area contributed by atoms with Gasteiger partial charge in [0.15, 0.2) is 0 Å². The van der Waals surface area contributed by atoms with Crippen LogP contribution in [0.15, 0.2) is 83.8 Å². The first kappa shape index (κ1) is 19.1. The number of hydrogen-bond acceptors (Lipinski definition) is 5. The van der Waals surface area contributed by atoms with Gasteiger partial charge in [0.25, 0.3) is 15.9 Å². The van der Waals surface area contributed by atoms with E-state index in [2.05, 4.69) is 15.0 Å². The number of nitrogens with zero attached hydrogens (tertiary/aromatic N) is 1. The highest BCUT2D eigenvalue weighted by Crippen LogP contribution is 2.21. The van der Waals surface area contributed by atoms with Crippen LogP contribution < -0.4 is 10.0 Å². The standard InChI is InChI=1S/C21H17N3O3S2/c25-21(22-14-20-23-18-8-4-5-9-19(18)28-20)15-10-12-17(13-11-15)29(26,27)24-16-6-2-1-3-7-16/h1-13,24H,14H2,(H,22,25). The van der Waals surface area contributed by atoms with Crippen LogP contribution in [0.2, 0.25) is 0 Å². The SMILES string of the molecule is O=C(NCc1nc2ccccc2s1)c1ccc(S(=O)(=O)Nc2ccccc2)cc1. The van der Waals surface area contributed by atoms with Crippen molar-refractivity contribution in [1.82, 2.24) is 10.3 Å². The van der Waals surface area contributed by atoms with Gasteiger partial charge >= 0.3 is 0 Å². The molecule has 146 valence electrons. The average Bonchev–Trinajstić information content (AvgIpc) is 3.15. The number of amides is 1. The monoisotopic (exact) mass is 423 g/mol.